The summed E-state index contributed by atoms with van der Waals surface area (Å²) in [7, 11) is 0. The van der Waals surface area contributed by atoms with Crippen LogP contribution < -0.4 is 5.32 Å². The fraction of sp³-hybridized carbons (Fsp3) is 0.250. The van der Waals surface area contributed by atoms with Gasteiger partial charge in [-0.3, -0.25) is 4.79 Å². The number of nitrogens with zero attached hydrogens (tertiary/aromatic N) is 4. The molecule has 0 radical (unpaired) electrons. The normalized spacial score (nSPS) is 10.7. The highest BCUT2D eigenvalue weighted by atomic mass is 32.2. The third kappa shape index (κ3) is 4.65. The van der Waals surface area contributed by atoms with Crippen molar-refractivity contribution >= 4 is 29.0 Å². The molecule has 0 atom stereocenters. The molecule has 0 saturated heterocycles. The lowest BCUT2D eigenvalue weighted by Gasteiger charge is -2.05. The van der Waals surface area contributed by atoms with Gasteiger partial charge in [0.15, 0.2) is 0 Å². The lowest BCUT2D eigenvalue weighted by molar-refractivity contribution is -0.121. The molecule has 1 amide bonds. The first kappa shape index (κ1) is 16.7. The van der Waals surface area contributed by atoms with Crippen LogP contribution in [0, 0.1) is 6.92 Å². The standard InChI is InChI=1S/C16H17N5OS2/c1-12-2-4-14(5-3-12)24-9-7-17-15(22)10-21-19-16(18-20-21)13-6-8-23-11-13/h2-6,8,11H,7,9-10H2,1H3,(H,17,22). The first-order chi connectivity index (χ1) is 11.7. The monoisotopic (exact) mass is 359 g/mol. The van der Waals surface area contributed by atoms with Gasteiger partial charge in [-0.1, -0.05) is 17.7 Å². The second-order valence-electron chi connectivity index (χ2n) is 5.17. The van der Waals surface area contributed by atoms with Gasteiger partial charge in [-0.2, -0.15) is 16.1 Å². The quantitative estimate of drug-likeness (QED) is 0.519. The average molecular weight is 359 g/mol. The summed E-state index contributed by atoms with van der Waals surface area (Å²) in [6, 6.07) is 10.3. The number of aromatic nitrogens is 4. The molecule has 2 heterocycles. The SMILES string of the molecule is Cc1ccc(SCCNC(=O)Cn2nnc(-c3ccsc3)n2)cc1. The second kappa shape index (κ2) is 8.07. The van der Waals surface area contributed by atoms with Gasteiger partial charge in [0.2, 0.25) is 11.7 Å². The number of rotatable bonds is 7. The Bertz CT molecular complexity index is 783. The maximum atomic E-state index is 11.9. The largest absolute Gasteiger partial charge is 0.354 e. The van der Waals surface area contributed by atoms with E-state index in [1.807, 2.05) is 16.8 Å². The van der Waals surface area contributed by atoms with Crippen molar-refractivity contribution in [2.24, 2.45) is 0 Å². The van der Waals surface area contributed by atoms with Crippen LogP contribution in [0.4, 0.5) is 0 Å². The molecule has 0 aliphatic carbocycles. The molecule has 2 aromatic heterocycles. The van der Waals surface area contributed by atoms with E-state index in [0.717, 1.165) is 11.3 Å². The number of carbonyl (C=O) groups is 1. The van der Waals surface area contributed by atoms with Crippen LogP contribution in [0.1, 0.15) is 5.56 Å². The van der Waals surface area contributed by atoms with Crippen molar-refractivity contribution in [3.8, 4) is 11.4 Å². The number of aryl methyl sites for hydroxylation is 1. The predicted molar refractivity (Wildman–Crippen MR) is 96.0 cm³/mol. The van der Waals surface area contributed by atoms with Crippen LogP contribution in [0.15, 0.2) is 46.0 Å². The Hall–Kier alpha value is -2.19. The smallest absolute Gasteiger partial charge is 0.243 e. The molecule has 24 heavy (non-hydrogen) atoms. The molecule has 6 nitrogen and oxygen atoms in total. The van der Waals surface area contributed by atoms with Crippen molar-refractivity contribution < 1.29 is 4.79 Å². The average Bonchev–Trinajstić information content (AvgIpc) is 3.24. The Morgan fingerprint density at radius 3 is 2.88 bits per heavy atom. The number of carbonyl (C=O) groups excluding carboxylic acids is 1. The maximum absolute atomic E-state index is 11.9. The molecule has 1 N–H and O–H groups in total. The highest BCUT2D eigenvalue weighted by Crippen LogP contribution is 2.17. The Balaban J connectivity index is 1.40. The number of hydrogen-bond donors (Lipinski definition) is 1. The molecule has 1 aromatic carbocycles. The number of hydrogen-bond acceptors (Lipinski definition) is 6. The minimum Gasteiger partial charge on any atom is -0.354 e. The number of nitrogens with one attached hydrogen (secondary N) is 1. The molecular formula is C16H17N5OS2. The third-order valence-electron chi connectivity index (χ3n) is 3.23. The lowest BCUT2D eigenvalue weighted by atomic mass is 10.2. The summed E-state index contributed by atoms with van der Waals surface area (Å²) in [5.74, 6) is 1.24. The topological polar surface area (TPSA) is 72.7 Å². The van der Waals surface area contributed by atoms with Crippen LogP contribution >= 0.6 is 23.1 Å². The number of tetrazole rings is 1. The van der Waals surface area contributed by atoms with Crippen molar-refractivity contribution in [2.75, 3.05) is 12.3 Å². The van der Waals surface area contributed by atoms with E-state index in [9.17, 15) is 4.79 Å². The zero-order valence-electron chi connectivity index (χ0n) is 13.2. The van der Waals surface area contributed by atoms with Gasteiger partial charge in [-0.15, -0.1) is 22.0 Å². The number of thioether (sulfide) groups is 1. The number of benzene rings is 1. The first-order valence-electron chi connectivity index (χ1n) is 7.47. The molecule has 0 bridgehead atoms. The molecule has 3 rings (SSSR count). The van der Waals surface area contributed by atoms with E-state index in [1.165, 1.54) is 15.3 Å². The Morgan fingerprint density at radius 1 is 1.29 bits per heavy atom. The van der Waals surface area contributed by atoms with E-state index in [0.29, 0.717) is 12.4 Å². The maximum Gasteiger partial charge on any atom is 0.243 e. The van der Waals surface area contributed by atoms with Gasteiger partial charge in [0, 0.05) is 28.1 Å². The van der Waals surface area contributed by atoms with E-state index in [1.54, 1.807) is 23.1 Å². The van der Waals surface area contributed by atoms with Crippen LogP contribution in [0.3, 0.4) is 0 Å². The van der Waals surface area contributed by atoms with Gasteiger partial charge in [-0.25, -0.2) is 0 Å². The Kier molecular flexibility index (Phi) is 5.60. The second-order valence-corrected chi connectivity index (χ2v) is 7.12. The van der Waals surface area contributed by atoms with Gasteiger partial charge < -0.3 is 5.32 Å². The highest BCUT2D eigenvalue weighted by molar-refractivity contribution is 7.99. The zero-order chi connectivity index (χ0) is 16.8. The summed E-state index contributed by atoms with van der Waals surface area (Å²) in [6.45, 7) is 2.74. The first-order valence-corrected chi connectivity index (χ1v) is 9.40. The van der Waals surface area contributed by atoms with E-state index in [-0.39, 0.29) is 12.5 Å². The van der Waals surface area contributed by atoms with Gasteiger partial charge in [0.25, 0.3) is 0 Å². The zero-order valence-corrected chi connectivity index (χ0v) is 14.8. The summed E-state index contributed by atoms with van der Waals surface area (Å²) in [4.78, 5) is 14.4. The van der Waals surface area contributed by atoms with Crippen LogP contribution in [-0.2, 0) is 11.3 Å². The van der Waals surface area contributed by atoms with Crippen molar-refractivity contribution in [1.82, 2.24) is 25.5 Å². The molecule has 3 aromatic rings. The van der Waals surface area contributed by atoms with Crippen molar-refractivity contribution in [2.45, 2.75) is 18.4 Å². The summed E-state index contributed by atoms with van der Waals surface area (Å²) in [5, 5.41) is 18.9. The summed E-state index contributed by atoms with van der Waals surface area (Å²) >= 11 is 3.29. The summed E-state index contributed by atoms with van der Waals surface area (Å²) in [6.07, 6.45) is 0. The van der Waals surface area contributed by atoms with Gasteiger partial charge in [-0.05, 0) is 35.7 Å². The van der Waals surface area contributed by atoms with Gasteiger partial charge in [0.05, 0.1) is 0 Å². The van der Waals surface area contributed by atoms with Crippen molar-refractivity contribution in [3.63, 3.8) is 0 Å². The van der Waals surface area contributed by atoms with E-state index in [2.05, 4.69) is 51.9 Å². The highest BCUT2D eigenvalue weighted by Gasteiger charge is 2.09. The summed E-state index contributed by atoms with van der Waals surface area (Å²) < 4.78 is 0. The molecule has 0 aliphatic heterocycles. The van der Waals surface area contributed by atoms with Crippen LogP contribution in [0.2, 0.25) is 0 Å². The summed E-state index contributed by atoms with van der Waals surface area (Å²) in [5.41, 5.74) is 2.16. The van der Waals surface area contributed by atoms with Crippen LogP contribution in [0.5, 0.6) is 0 Å². The third-order valence-corrected chi connectivity index (χ3v) is 4.93. The molecule has 8 heteroatoms. The molecule has 0 saturated carbocycles. The molecule has 0 spiro atoms. The lowest BCUT2D eigenvalue weighted by Crippen LogP contribution is -2.30. The Labute approximate surface area is 148 Å². The molecule has 0 unspecified atom stereocenters. The predicted octanol–water partition coefficient (Wildman–Crippen LogP) is 2.62. The number of thiophene rings is 1. The van der Waals surface area contributed by atoms with E-state index in [4.69, 9.17) is 0 Å². The van der Waals surface area contributed by atoms with E-state index >= 15 is 0 Å². The molecule has 0 fully saturated rings. The van der Waals surface area contributed by atoms with Gasteiger partial charge >= 0.3 is 0 Å². The minimum atomic E-state index is -0.117. The van der Waals surface area contributed by atoms with Crippen LogP contribution in [-0.4, -0.2) is 38.4 Å². The molecular weight excluding hydrogens is 342 g/mol. The molecule has 0 aliphatic rings. The molecule has 124 valence electrons. The number of amides is 1. The Morgan fingerprint density at radius 2 is 2.12 bits per heavy atom. The van der Waals surface area contributed by atoms with E-state index < -0.39 is 0 Å². The van der Waals surface area contributed by atoms with Gasteiger partial charge in [0.1, 0.15) is 6.54 Å². The van der Waals surface area contributed by atoms with Crippen LogP contribution in [0.25, 0.3) is 11.4 Å². The van der Waals surface area contributed by atoms with Crippen molar-refractivity contribution in [3.05, 3.63) is 46.7 Å². The fourth-order valence-electron chi connectivity index (χ4n) is 2.00. The fourth-order valence-corrected chi connectivity index (χ4v) is 3.40. The van der Waals surface area contributed by atoms with Crippen molar-refractivity contribution in [1.29, 1.82) is 0 Å². The minimum absolute atomic E-state index is 0.0757.